The summed E-state index contributed by atoms with van der Waals surface area (Å²) in [7, 11) is 2.40. The van der Waals surface area contributed by atoms with Crippen molar-refractivity contribution in [1.29, 1.82) is 0 Å². The molecule has 12 heteroatoms. The van der Waals surface area contributed by atoms with Gasteiger partial charge in [0.25, 0.3) is 0 Å². The largest absolute Gasteiger partial charge is 0.495 e. The number of fused-ring (bicyclic) bond motifs is 2. The molecule has 0 radical (unpaired) electrons. The van der Waals surface area contributed by atoms with E-state index in [0.717, 1.165) is 19.2 Å². The second kappa shape index (κ2) is 11.6. The summed E-state index contributed by atoms with van der Waals surface area (Å²) in [6.45, 7) is 5.99. The third kappa shape index (κ3) is 5.29. The maximum absolute atomic E-state index is 16.0. The van der Waals surface area contributed by atoms with E-state index in [1.807, 2.05) is 20.8 Å². The third-order valence-corrected chi connectivity index (χ3v) is 8.70. The Kier molecular flexibility index (Phi) is 8.39. The molecular weight excluding hydrogens is 615 g/mol. The lowest BCUT2D eigenvalue weighted by Gasteiger charge is -2.37. The summed E-state index contributed by atoms with van der Waals surface area (Å²) in [5.74, 6) is -4.88. The quantitative estimate of drug-likeness (QED) is 0.266. The van der Waals surface area contributed by atoms with Crippen LogP contribution in [0.25, 0.3) is 0 Å². The molecule has 8 nitrogen and oxygen atoms in total. The molecule has 232 valence electrons. The summed E-state index contributed by atoms with van der Waals surface area (Å²) in [5, 5.41) is 9.15. The first-order valence-corrected chi connectivity index (χ1v) is 14.6. The summed E-state index contributed by atoms with van der Waals surface area (Å²) in [6, 6.07) is 9.60. The summed E-state index contributed by atoms with van der Waals surface area (Å²) in [5.41, 5.74) is -1.20. The lowest BCUT2D eigenvalue weighted by atomic mass is 9.62. The van der Waals surface area contributed by atoms with Crippen molar-refractivity contribution >= 4 is 52.4 Å². The topological polar surface area (TPSA) is 106 Å². The molecule has 0 bridgehead atoms. The molecule has 0 aliphatic carbocycles. The molecule has 5 rings (SSSR count). The van der Waals surface area contributed by atoms with E-state index in [9.17, 15) is 18.8 Å². The monoisotopic (exact) mass is 645 g/mol. The second-order valence-electron chi connectivity index (χ2n) is 12.1. The van der Waals surface area contributed by atoms with Gasteiger partial charge in [0.05, 0.1) is 36.5 Å². The smallest absolute Gasteiger partial charge is 0.340 e. The second-order valence-corrected chi connectivity index (χ2v) is 13.0. The van der Waals surface area contributed by atoms with Gasteiger partial charge in [0.1, 0.15) is 22.8 Å². The molecule has 3 aromatic carbocycles. The first kappa shape index (κ1) is 31.7. The Bertz CT molecular complexity index is 1680. The van der Waals surface area contributed by atoms with Gasteiger partial charge in [-0.2, -0.15) is 0 Å². The number of ether oxygens (including phenoxy) is 2. The number of carbonyl (C=O) groups is 3. The van der Waals surface area contributed by atoms with Gasteiger partial charge in [-0.25, -0.2) is 13.6 Å². The van der Waals surface area contributed by atoms with Crippen LogP contribution in [0.2, 0.25) is 10.0 Å². The Labute approximate surface area is 263 Å². The van der Waals surface area contributed by atoms with Crippen LogP contribution in [0.5, 0.6) is 5.75 Å². The minimum absolute atomic E-state index is 0.0109. The van der Waals surface area contributed by atoms with E-state index in [-0.39, 0.29) is 33.0 Å². The molecule has 1 fully saturated rings. The van der Waals surface area contributed by atoms with Crippen molar-refractivity contribution < 1.29 is 32.6 Å². The zero-order chi connectivity index (χ0) is 32.1. The van der Waals surface area contributed by atoms with E-state index in [1.54, 1.807) is 24.3 Å². The van der Waals surface area contributed by atoms with Gasteiger partial charge in [-0.1, -0.05) is 62.2 Å². The zero-order valence-corrected chi connectivity index (χ0v) is 26.1. The fourth-order valence-electron chi connectivity index (χ4n) is 6.45. The molecule has 0 unspecified atom stereocenters. The Hall–Kier alpha value is -3.73. The Balaban J connectivity index is 1.70. The number of carbonyl (C=O) groups excluding carboxylic acids is 3. The first-order chi connectivity index (χ1) is 20.7. The number of nitrogens with one attached hydrogen (secondary N) is 3. The fraction of sp³-hybridized carbons (Fsp3) is 0.344. The standard InChI is InChI=1S/C32H31Cl2F2N3O5/c1-31(2,3)14-24-32(18-10-9-15(33)11-21(18)38-30(32)42)25(16-7-6-8-19(34)26(16)36)27(39-24)28(40)37-22-13-20(35)17(29(41)44-5)12-23(22)43-4/h6-13,24-25,27,39H,14H2,1-5H3,(H,37,40)(H,38,42)/t24-,25-,27+,32+/m0/s1. The van der Waals surface area contributed by atoms with Crippen LogP contribution >= 0.6 is 23.2 Å². The van der Waals surface area contributed by atoms with Crippen molar-refractivity contribution in [3.63, 3.8) is 0 Å². The van der Waals surface area contributed by atoms with Gasteiger partial charge in [-0.3, -0.25) is 9.59 Å². The van der Waals surface area contributed by atoms with Crippen LogP contribution in [0.3, 0.4) is 0 Å². The maximum atomic E-state index is 16.0. The van der Waals surface area contributed by atoms with Crippen LogP contribution in [0.15, 0.2) is 48.5 Å². The molecule has 1 spiro atoms. The Morgan fingerprint density at radius 1 is 1.07 bits per heavy atom. The summed E-state index contributed by atoms with van der Waals surface area (Å²) >= 11 is 12.5. The lowest BCUT2D eigenvalue weighted by molar-refractivity contribution is -0.122. The molecule has 3 aromatic rings. The average molecular weight is 647 g/mol. The van der Waals surface area contributed by atoms with Gasteiger partial charge in [0, 0.05) is 28.7 Å². The molecule has 2 heterocycles. The highest BCUT2D eigenvalue weighted by molar-refractivity contribution is 6.31. The van der Waals surface area contributed by atoms with Crippen molar-refractivity contribution in [2.45, 2.75) is 50.6 Å². The van der Waals surface area contributed by atoms with Crippen LogP contribution < -0.4 is 20.7 Å². The lowest BCUT2D eigenvalue weighted by Crippen LogP contribution is -2.49. The predicted molar refractivity (Wildman–Crippen MR) is 164 cm³/mol. The molecule has 2 aliphatic heterocycles. The SMILES string of the molecule is COC(=O)c1cc(OC)c(NC(=O)[C@@H]2N[C@@H](CC(C)(C)C)[C@@]3(C(=O)Nc4cc(Cl)ccc43)[C@H]2c2cccc(Cl)c2F)cc1F. The summed E-state index contributed by atoms with van der Waals surface area (Å²) in [6.07, 6.45) is 0.413. The fourth-order valence-corrected chi connectivity index (χ4v) is 6.80. The average Bonchev–Trinajstić information content (AvgIpc) is 3.43. The molecular formula is C32H31Cl2F2N3O5. The van der Waals surface area contributed by atoms with E-state index < -0.39 is 52.8 Å². The van der Waals surface area contributed by atoms with Gasteiger partial charge < -0.3 is 25.4 Å². The predicted octanol–water partition coefficient (Wildman–Crippen LogP) is 6.46. The van der Waals surface area contributed by atoms with Crippen LogP contribution in [-0.4, -0.2) is 44.1 Å². The van der Waals surface area contributed by atoms with Gasteiger partial charge in [-0.05, 0) is 47.2 Å². The number of anilines is 2. The maximum Gasteiger partial charge on any atom is 0.340 e. The van der Waals surface area contributed by atoms with Crippen LogP contribution in [0.4, 0.5) is 20.2 Å². The van der Waals surface area contributed by atoms with Crippen molar-refractivity contribution in [3.05, 3.63) is 86.9 Å². The number of rotatable bonds is 6. The Morgan fingerprint density at radius 2 is 1.80 bits per heavy atom. The minimum Gasteiger partial charge on any atom is -0.495 e. The first-order valence-electron chi connectivity index (χ1n) is 13.8. The van der Waals surface area contributed by atoms with Crippen molar-refractivity contribution in [1.82, 2.24) is 5.32 Å². The van der Waals surface area contributed by atoms with Gasteiger partial charge in [0.2, 0.25) is 11.8 Å². The van der Waals surface area contributed by atoms with E-state index in [1.165, 1.54) is 19.2 Å². The van der Waals surface area contributed by atoms with E-state index >= 15 is 4.39 Å². The molecule has 44 heavy (non-hydrogen) atoms. The van der Waals surface area contributed by atoms with E-state index in [2.05, 4.69) is 20.7 Å². The number of esters is 1. The van der Waals surface area contributed by atoms with Gasteiger partial charge in [0.15, 0.2) is 0 Å². The molecule has 2 aliphatic rings. The highest BCUT2D eigenvalue weighted by Gasteiger charge is 2.66. The van der Waals surface area contributed by atoms with Gasteiger partial charge in [-0.15, -0.1) is 0 Å². The molecule has 2 amide bonds. The third-order valence-electron chi connectivity index (χ3n) is 8.17. The number of hydrogen-bond donors (Lipinski definition) is 3. The molecule has 0 aromatic heterocycles. The normalized spacial score (nSPS) is 22.5. The Morgan fingerprint density at radius 3 is 2.45 bits per heavy atom. The van der Waals surface area contributed by atoms with E-state index in [4.69, 9.17) is 27.9 Å². The number of halogens is 4. The number of amides is 2. The van der Waals surface area contributed by atoms with Crippen molar-refractivity contribution in [2.75, 3.05) is 24.9 Å². The van der Waals surface area contributed by atoms with Crippen LogP contribution in [0, 0.1) is 17.0 Å². The van der Waals surface area contributed by atoms with Gasteiger partial charge >= 0.3 is 5.97 Å². The summed E-state index contributed by atoms with van der Waals surface area (Å²) < 4.78 is 40.9. The van der Waals surface area contributed by atoms with Crippen LogP contribution in [-0.2, 0) is 19.7 Å². The zero-order valence-electron chi connectivity index (χ0n) is 24.6. The molecule has 0 saturated carbocycles. The summed E-state index contributed by atoms with van der Waals surface area (Å²) in [4.78, 5) is 40.5. The number of methoxy groups -OCH3 is 2. The van der Waals surface area contributed by atoms with Crippen LogP contribution in [0.1, 0.15) is 54.6 Å². The molecule has 4 atom stereocenters. The number of benzene rings is 3. The highest BCUT2D eigenvalue weighted by atomic mass is 35.5. The van der Waals surface area contributed by atoms with Crippen molar-refractivity contribution in [2.24, 2.45) is 5.41 Å². The minimum atomic E-state index is -1.47. The highest BCUT2D eigenvalue weighted by Crippen LogP contribution is 2.57. The molecule has 1 saturated heterocycles. The van der Waals surface area contributed by atoms with E-state index in [0.29, 0.717) is 22.7 Å². The molecule has 3 N–H and O–H groups in total. The van der Waals surface area contributed by atoms with Crippen molar-refractivity contribution in [3.8, 4) is 5.75 Å². The number of hydrogen-bond acceptors (Lipinski definition) is 6.